The number of benzene rings is 1. The van der Waals surface area contributed by atoms with E-state index in [2.05, 4.69) is 24.5 Å². The van der Waals surface area contributed by atoms with Crippen molar-refractivity contribution in [2.45, 2.75) is 103 Å². The van der Waals surface area contributed by atoms with Gasteiger partial charge in [0.2, 0.25) is 0 Å². The molecule has 5 N–H and O–H groups in total. The molecule has 0 spiro atoms. The number of ether oxygens (including phenoxy) is 3. The van der Waals surface area contributed by atoms with Gasteiger partial charge >= 0.3 is 0 Å². The third-order valence-electron chi connectivity index (χ3n) is 7.70. The summed E-state index contributed by atoms with van der Waals surface area (Å²) in [7, 11) is 1.67. The maximum atomic E-state index is 13.0. The van der Waals surface area contributed by atoms with Crippen LogP contribution in [0, 0.1) is 11.8 Å². The Morgan fingerprint density at radius 2 is 1.71 bits per heavy atom. The van der Waals surface area contributed by atoms with Crippen molar-refractivity contribution in [1.29, 1.82) is 0 Å². The fourth-order valence-electron chi connectivity index (χ4n) is 4.94. The van der Waals surface area contributed by atoms with E-state index in [1.54, 1.807) is 33.1 Å². The second kappa shape index (κ2) is 19.3. The maximum absolute atomic E-state index is 13.0. The van der Waals surface area contributed by atoms with Gasteiger partial charge in [-0.25, -0.2) is 0 Å². The number of carbonyl (C=O) groups is 2. The van der Waals surface area contributed by atoms with Gasteiger partial charge in [0.15, 0.2) is 0 Å². The molecule has 9 nitrogen and oxygen atoms in total. The molecule has 0 bridgehead atoms. The normalized spacial score (nSPS) is 16.4. The lowest BCUT2D eigenvalue weighted by molar-refractivity contribution is -0.152. The molecule has 1 aliphatic carbocycles. The standard InChI is InChI=1S/C31H53N3O6.ClH/c1-22(2)23(20-33-29(36)25-15-9-10-16-28(25)39-18-12-11-17-38-5)19-26(32)27(35)21-34-30(37)31(3,4)40-24-13-7-6-8-14-24;/h9-10,15-16,22-24,26-27,35H,6-8,11-14,17-21,32H2,1-5H3,(H,33,36)(H,34,37);1H. The van der Waals surface area contributed by atoms with E-state index >= 15 is 0 Å². The number of aliphatic hydroxyl groups excluding tert-OH is 1. The molecular formula is C31H54ClN3O6. The maximum Gasteiger partial charge on any atom is 0.255 e. The van der Waals surface area contributed by atoms with Gasteiger partial charge in [-0.3, -0.25) is 9.59 Å². The van der Waals surface area contributed by atoms with Gasteiger partial charge < -0.3 is 35.7 Å². The predicted octanol–water partition coefficient (Wildman–Crippen LogP) is 4.24. The third-order valence-corrected chi connectivity index (χ3v) is 7.70. The zero-order valence-corrected chi connectivity index (χ0v) is 26.5. The van der Waals surface area contributed by atoms with Crippen molar-refractivity contribution in [3.63, 3.8) is 0 Å². The molecule has 3 unspecified atom stereocenters. The Hall–Kier alpha value is -1.91. The van der Waals surface area contributed by atoms with Crippen molar-refractivity contribution in [2.75, 3.05) is 33.4 Å². The van der Waals surface area contributed by atoms with Crippen molar-refractivity contribution in [3.8, 4) is 5.75 Å². The molecule has 1 aromatic rings. The fraction of sp³-hybridized carbons (Fsp3) is 0.742. The topological polar surface area (TPSA) is 132 Å². The van der Waals surface area contributed by atoms with Crippen LogP contribution in [0.5, 0.6) is 5.75 Å². The van der Waals surface area contributed by atoms with Crippen LogP contribution in [0.4, 0.5) is 0 Å². The average Bonchev–Trinajstić information content (AvgIpc) is 2.93. The third kappa shape index (κ3) is 13.3. The number of nitrogens with two attached hydrogens (primary N) is 1. The Bertz CT molecular complexity index is 894. The number of hydrogen-bond donors (Lipinski definition) is 4. The van der Waals surface area contributed by atoms with E-state index in [0.717, 1.165) is 38.5 Å². The number of carbonyl (C=O) groups excluding carboxylic acids is 2. The fourth-order valence-corrected chi connectivity index (χ4v) is 4.94. The molecule has 2 rings (SSSR count). The first kappa shape index (κ1) is 37.1. The highest BCUT2D eigenvalue weighted by atomic mass is 35.5. The first-order valence-corrected chi connectivity index (χ1v) is 14.9. The number of methoxy groups -OCH3 is 1. The monoisotopic (exact) mass is 599 g/mol. The number of unbranched alkanes of at least 4 members (excludes halogenated alkanes) is 1. The molecule has 41 heavy (non-hydrogen) atoms. The van der Waals surface area contributed by atoms with Crippen molar-refractivity contribution < 1.29 is 28.9 Å². The summed E-state index contributed by atoms with van der Waals surface area (Å²) >= 11 is 0. The van der Waals surface area contributed by atoms with E-state index in [1.807, 2.05) is 12.1 Å². The second-order valence-corrected chi connectivity index (χ2v) is 11.8. The van der Waals surface area contributed by atoms with Crippen LogP contribution in [0.1, 0.15) is 89.4 Å². The van der Waals surface area contributed by atoms with Crippen molar-refractivity contribution in [1.82, 2.24) is 10.6 Å². The molecule has 0 aromatic heterocycles. The number of hydrogen-bond acceptors (Lipinski definition) is 7. The van der Waals surface area contributed by atoms with E-state index in [4.69, 9.17) is 19.9 Å². The summed E-state index contributed by atoms with van der Waals surface area (Å²) in [6.45, 7) is 9.32. The molecule has 236 valence electrons. The molecule has 1 fully saturated rings. The molecule has 0 radical (unpaired) electrons. The minimum Gasteiger partial charge on any atom is -0.493 e. The Balaban J connectivity index is 0.00000840. The summed E-state index contributed by atoms with van der Waals surface area (Å²) in [6, 6.07) is 6.65. The molecule has 1 saturated carbocycles. The summed E-state index contributed by atoms with van der Waals surface area (Å²) in [6.07, 6.45) is 6.83. The summed E-state index contributed by atoms with van der Waals surface area (Å²) in [5.74, 6) is 0.355. The number of nitrogens with one attached hydrogen (secondary N) is 2. The molecule has 3 atom stereocenters. The molecule has 0 aliphatic heterocycles. The van der Waals surface area contributed by atoms with Crippen LogP contribution >= 0.6 is 12.4 Å². The summed E-state index contributed by atoms with van der Waals surface area (Å²) in [4.78, 5) is 25.8. The molecule has 10 heteroatoms. The SMILES string of the molecule is COCCCCOc1ccccc1C(=O)NCC(CC(N)C(O)CNC(=O)C(C)(C)OC1CCCCC1)C(C)C.Cl. The van der Waals surface area contributed by atoms with Crippen LogP contribution in [-0.2, 0) is 14.3 Å². The van der Waals surface area contributed by atoms with Gasteiger partial charge in [-0.2, -0.15) is 0 Å². The Kier molecular flexibility index (Phi) is 17.5. The lowest BCUT2D eigenvalue weighted by Crippen LogP contribution is -2.51. The van der Waals surface area contributed by atoms with Crippen LogP contribution in [0.25, 0.3) is 0 Å². The van der Waals surface area contributed by atoms with E-state index in [-0.39, 0.29) is 48.7 Å². The van der Waals surface area contributed by atoms with Gasteiger partial charge in [0.1, 0.15) is 11.4 Å². The zero-order valence-electron chi connectivity index (χ0n) is 25.7. The smallest absolute Gasteiger partial charge is 0.255 e. The van der Waals surface area contributed by atoms with Gasteiger partial charge in [-0.05, 0) is 69.9 Å². The zero-order chi connectivity index (χ0) is 29.5. The summed E-state index contributed by atoms with van der Waals surface area (Å²) < 4.78 is 17.0. The van der Waals surface area contributed by atoms with Crippen LogP contribution in [0.3, 0.4) is 0 Å². The second-order valence-electron chi connectivity index (χ2n) is 11.8. The Labute approximate surface area is 253 Å². The highest BCUT2D eigenvalue weighted by Gasteiger charge is 2.33. The molecular weight excluding hydrogens is 546 g/mol. The molecule has 2 amide bonds. The van der Waals surface area contributed by atoms with Gasteiger partial charge in [-0.15, -0.1) is 12.4 Å². The highest BCUT2D eigenvalue weighted by Crippen LogP contribution is 2.25. The van der Waals surface area contributed by atoms with Gasteiger partial charge in [0.25, 0.3) is 11.8 Å². The highest BCUT2D eigenvalue weighted by molar-refractivity contribution is 5.96. The van der Waals surface area contributed by atoms with Crippen LogP contribution in [-0.4, -0.2) is 74.2 Å². The summed E-state index contributed by atoms with van der Waals surface area (Å²) in [5.41, 5.74) is 5.87. The van der Waals surface area contributed by atoms with Crippen LogP contribution in [0.2, 0.25) is 0 Å². The average molecular weight is 600 g/mol. The van der Waals surface area contributed by atoms with Gasteiger partial charge in [-0.1, -0.05) is 45.2 Å². The number of halogens is 1. The van der Waals surface area contributed by atoms with E-state index in [0.29, 0.717) is 37.5 Å². The van der Waals surface area contributed by atoms with E-state index in [1.165, 1.54) is 6.42 Å². The molecule has 0 heterocycles. The van der Waals surface area contributed by atoms with Gasteiger partial charge in [0.05, 0.1) is 24.4 Å². The van der Waals surface area contributed by atoms with Crippen LogP contribution in [0.15, 0.2) is 24.3 Å². The lowest BCUT2D eigenvalue weighted by atomic mass is 9.87. The molecule has 1 aromatic carbocycles. The minimum absolute atomic E-state index is 0. The summed E-state index contributed by atoms with van der Waals surface area (Å²) in [5, 5.41) is 16.6. The van der Waals surface area contributed by atoms with E-state index in [9.17, 15) is 14.7 Å². The molecule has 0 saturated heterocycles. The predicted molar refractivity (Wildman–Crippen MR) is 165 cm³/mol. The number of amides is 2. The van der Waals surface area contributed by atoms with Crippen molar-refractivity contribution >= 4 is 24.2 Å². The minimum atomic E-state index is -0.972. The number of para-hydroxylation sites is 1. The quantitative estimate of drug-likeness (QED) is 0.186. The number of aliphatic hydroxyl groups is 1. The largest absolute Gasteiger partial charge is 0.493 e. The van der Waals surface area contributed by atoms with Crippen molar-refractivity contribution in [2.24, 2.45) is 17.6 Å². The first-order valence-electron chi connectivity index (χ1n) is 14.9. The first-order chi connectivity index (χ1) is 19.0. The van der Waals surface area contributed by atoms with Crippen LogP contribution < -0.4 is 21.1 Å². The Morgan fingerprint density at radius 3 is 2.37 bits per heavy atom. The lowest BCUT2D eigenvalue weighted by Gasteiger charge is -2.32. The van der Waals surface area contributed by atoms with Gasteiger partial charge in [0, 0.05) is 32.8 Å². The number of rotatable bonds is 18. The van der Waals surface area contributed by atoms with Crippen molar-refractivity contribution in [3.05, 3.63) is 29.8 Å². The van der Waals surface area contributed by atoms with E-state index < -0.39 is 17.7 Å². The molecule has 1 aliphatic rings. The Morgan fingerprint density at radius 1 is 1.05 bits per heavy atom.